The van der Waals surface area contributed by atoms with Gasteiger partial charge in [0, 0.05) is 18.2 Å². The Kier molecular flexibility index (Phi) is 3.38. The first-order valence-electron chi connectivity index (χ1n) is 6.02. The Balaban J connectivity index is 2.53. The van der Waals surface area contributed by atoms with Crippen LogP contribution in [0.15, 0.2) is 23.1 Å². The molecule has 0 unspecified atom stereocenters. The van der Waals surface area contributed by atoms with Crippen LogP contribution in [0.25, 0.3) is 0 Å². The number of rotatable bonds is 4. The van der Waals surface area contributed by atoms with E-state index < -0.39 is 9.84 Å². The maximum atomic E-state index is 11.8. The number of sulfone groups is 1. The summed E-state index contributed by atoms with van der Waals surface area (Å²) < 4.78 is 28.7. The third-order valence-corrected chi connectivity index (χ3v) is 4.99. The molecule has 0 spiro atoms. The summed E-state index contributed by atoms with van der Waals surface area (Å²) in [5, 5.41) is 0. The number of methoxy groups -OCH3 is 1. The van der Waals surface area contributed by atoms with Gasteiger partial charge in [0.1, 0.15) is 10.6 Å². The van der Waals surface area contributed by atoms with Gasteiger partial charge in [-0.05, 0) is 30.5 Å². The van der Waals surface area contributed by atoms with E-state index in [1.54, 1.807) is 12.1 Å². The largest absolute Gasteiger partial charge is 0.495 e. The third-order valence-electron chi connectivity index (χ3n) is 3.88. The van der Waals surface area contributed by atoms with E-state index in [0.717, 1.165) is 24.8 Å². The fraction of sp³-hybridized carbons (Fsp3) is 0.538. The summed E-state index contributed by atoms with van der Waals surface area (Å²) in [7, 11) is -1.81. The Morgan fingerprint density at radius 1 is 1.39 bits per heavy atom. The van der Waals surface area contributed by atoms with Gasteiger partial charge < -0.3 is 10.5 Å². The van der Waals surface area contributed by atoms with Gasteiger partial charge >= 0.3 is 0 Å². The number of hydrogen-bond donors (Lipinski definition) is 1. The molecule has 18 heavy (non-hydrogen) atoms. The van der Waals surface area contributed by atoms with Gasteiger partial charge in [0.15, 0.2) is 9.84 Å². The smallest absolute Gasteiger partial charge is 0.179 e. The van der Waals surface area contributed by atoms with E-state index in [-0.39, 0.29) is 10.3 Å². The Bertz CT molecular complexity index is 542. The van der Waals surface area contributed by atoms with Gasteiger partial charge in [0.05, 0.1) is 7.11 Å². The van der Waals surface area contributed by atoms with E-state index >= 15 is 0 Å². The molecule has 1 aliphatic rings. The van der Waals surface area contributed by atoms with Crippen LogP contribution < -0.4 is 10.5 Å². The zero-order valence-corrected chi connectivity index (χ0v) is 11.6. The molecule has 0 atom stereocenters. The van der Waals surface area contributed by atoms with E-state index in [0.29, 0.717) is 12.3 Å². The molecule has 1 saturated carbocycles. The van der Waals surface area contributed by atoms with Crippen LogP contribution in [0.2, 0.25) is 0 Å². The molecule has 100 valence electrons. The number of benzene rings is 1. The topological polar surface area (TPSA) is 69.4 Å². The molecule has 4 nitrogen and oxygen atoms in total. The summed E-state index contributed by atoms with van der Waals surface area (Å²) in [6.07, 6.45) is 4.40. The standard InChI is InChI=1S/C13H19NO3S/c1-17-11-5-4-10(8-12(11)18(2,15)16)13(9-14)6-3-7-13/h4-5,8H,3,6-7,9,14H2,1-2H3. The highest BCUT2D eigenvalue weighted by atomic mass is 32.2. The third kappa shape index (κ3) is 2.12. The summed E-state index contributed by atoms with van der Waals surface area (Å²) >= 11 is 0. The van der Waals surface area contributed by atoms with Crippen molar-refractivity contribution in [2.24, 2.45) is 5.73 Å². The molecule has 1 aliphatic carbocycles. The molecule has 1 aromatic carbocycles. The summed E-state index contributed by atoms with van der Waals surface area (Å²) in [6, 6.07) is 5.38. The Morgan fingerprint density at radius 2 is 2.06 bits per heavy atom. The SMILES string of the molecule is COc1ccc(C2(CN)CCC2)cc1S(C)(=O)=O. The second-order valence-corrected chi connectivity index (χ2v) is 6.96. The van der Waals surface area contributed by atoms with Crippen molar-refractivity contribution in [2.75, 3.05) is 19.9 Å². The molecular formula is C13H19NO3S. The van der Waals surface area contributed by atoms with Crippen LogP contribution in [-0.2, 0) is 15.3 Å². The molecule has 5 heteroatoms. The lowest BCUT2D eigenvalue weighted by atomic mass is 9.64. The van der Waals surface area contributed by atoms with Crippen LogP contribution >= 0.6 is 0 Å². The van der Waals surface area contributed by atoms with Crippen molar-refractivity contribution in [3.05, 3.63) is 23.8 Å². The van der Waals surface area contributed by atoms with Gasteiger partial charge in [-0.1, -0.05) is 12.5 Å². The van der Waals surface area contributed by atoms with Crippen LogP contribution in [0.4, 0.5) is 0 Å². The number of nitrogens with two attached hydrogens (primary N) is 1. The Morgan fingerprint density at radius 3 is 2.44 bits per heavy atom. The van der Waals surface area contributed by atoms with Gasteiger partial charge in [-0.3, -0.25) is 0 Å². The molecule has 1 aromatic rings. The average Bonchev–Trinajstić information content (AvgIpc) is 2.27. The predicted molar refractivity (Wildman–Crippen MR) is 70.7 cm³/mol. The van der Waals surface area contributed by atoms with Crippen molar-refractivity contribution in [3.63, 3.8) is 0 Å². The second kappa shape index (κ2) is 4.55. The van der Waals surface area contributed by atoms with E-state index in [1.165, 1.54) is 13.4 Å². The normalized spacial score (nSPS) is 18.2. The van der Waals surface area contributed by atoms with E-state index in [2.05, 4.69) is 0 Å². The summed E-state index contributed by atoms with van der Waals surface area (Å²) in [4.78, 5) is 0.252. The van der Waals surface area contributed by atoms with Crippen LogP contribution in [0.1, 0.15) is 24.8 Å². The van der Waals surface area contributed by atoms with Crippen molar-refractivity contribution in [1.82, 2.24) is 0 Å². The van der Waals surface area contributed by atoms with Gasteiger partial charge in [-0.15, -0.1) is 0 Å². The lowest BCUT2D eigenvalue weighted by molar-refractivity contribution is 0.252. The van der Waals surface area contributed by atoms with Gasteiger partial charge in [-0.2, -0.15) is 0 Å². The molecule has 2 N–H and O–H groups in total. The van der Waals surface area contributed by atoms with Gasteiger partial charge in [0.2, 0.25) is 0 Å². The minimum Gasteiger partial charge on any atom is -0.495 e. The minimum absolute atomic E-state index is 0.0360. The quantitative estimate of drug-likeness (QED) is 0.899. The van der Waals surface area contributed by atoms with E-state index in [1.807, 2.05) is 6.07 Å². The first-order valence-corrected chi connectivity index (χ1v) is 7.91. The van der Waals surface area contributed by atoms with Crippen LogP contribution in [0.3, 0.4) is 0 Å². The Hall–Kier alpha value is -1.07. The molecule has 0 radical (unpaired) electrons. The molecule has 0 aromatic heterocycles. The number of hydrogen-bond acceptors (Lipinski definition) is 4. The van der Waals surface area contributed by atoms with Crippen molar-refractivity contribution in [2.45, 2.75) is 29.6 Å². The molecule has 2 rings (SSSR count). The average molecular weight is 269 g/mol. The Labute approximate surface area is 108 Å². The fourth-order valence-electron chi connectivity index (χ4n) is 2.51. The first kappa shape index (κ1) is 13.4. The zero-order chi connectivity index (χ0) is 13.4. The van der Waals surface area contributed by atoms with E-state index in [9.17, 15) is 8.42 Å². The zero-order valence-electron chi connectivity index (χ0n) is 10.8. The fourth-order valence-corrected chi connectivity index (χ4v) is 3.37. The molecule has 0 heterocycles. The van der Waals surface area contributed by atoms with Crippen molar-refractivity contribution in [3.8, 4) is 5.75 Å². The molecule has 0 bridgehead atoms. The van der Waals surface area contributed by atoms with Crippen molar-refractivity contribution >= 4 is 9.84 Å². The van der Waals surface area contributed by atoms with E-state index in [4.69, 9.17) is 10.5 Å². The molecule has 0 aliphatic heterocycles. The highest BCUT2D eigenvalue weighted by molar-refractivity contribution is 7.90. The molecular weight excluding hydrogens is 250 g/mol. The summed E-state index contributed by atoms with van der Waals surface area (Å²) in [5.41, 5.74) is 6.83. The van der Waals surface area contributed by atoms with Crippen LogP contribution in [0.5, 0.6) is 5.75 Å². The van der Waals surface area contributed by atoms with Crippen molar-refractivity contribution < 1.29 is 13.2 Å². The monoisotopic (exact) mass is 269 g/mol. The van der Waals surface area contributed by atoms with Crippen molar-refractivity contribution in [1.29, 1.82) is 0 Å². The van der Waals surface area contributed by atoms with Crippen LogP contribution in [0, 0.1) is 0 Å². The maximum Gasteiger partial charge on any atom is 0.179 e. The minimum atomic E-state index is -3.29. The van der Waals surface area contributed by atoms with Crippen LogP contribution in [-0.4, -0.2) is 28.3 Å². The van der Waals surface area contributed by atoms with Gasteiger partial charge in [-0.25, -0.2) is 8.42 Å². The number of ether oxygens (including phenoxy) is 1. The highest BCUT2D eigenvalue weighted by Gasteiger charge is 2.38. The predicted octanol–water partition coefficient (Wildman–Crippen LogP) is 1.48. The lowest BCUT2D eigenvalue weighted by Crippen LogP contribution is -2.41. The maximum absolute atomic E-state index is 11.8. The van der Waals surface area contributed by atoms with Gasteiger partial charge in [0.25, 0.3) is 0 Å². The summed E-state index contributed by atoms with van der Waals surface area (Å²) in [5.74, 6) is 0.396. The highest BCUT2D eigenvalue weighted by Crippen LogP contribution is 2.44. The molecule has 1 fully saturated rings. The second-order valence-electron chi connectivity index (χ2n) is 4.98. The first-order chi connectivity index (χ1) is 8.43. The molecule has 0 amide bonds. The molecule has 0 saturated heterocycles. The summed E-state index contributed by atoms with van der Waals surface area (Å²) in [6.45, 7) is 0.558. The lowest BCUT2D eigenvalue weighted by Gasteiger charge is -2.41.